The summed E-state index contributed by atoms with van der Waals surface area (Å²) < 4.78 is 7.61. The molecule has 0 radical (unpaired) electrons. The smallest absolute Gasteiger partial charge is 0.335 e. The Bertz CT molecular complexity index is 1120. The van der Waals surface area contributed by atoms with Crippen LogP contribution in [0, 0.1) is 0 Å². The summed E-state index contributed by atoms with van der Waals surface area (Å²) >= 11 is 4.21. The van der Waals surface area contributed by atoms with Gasteiger partial charge in [0.15, 0.2) is 0 Å². The summed E-state index contributed by atoms with van der Waals surface area (Å²) in [6.45, 7) is 7.59. The molecule has 4 nitrogen and oxygen atoms in total. The number of hydrogen-bond acceptors (Lipinski definition) is 3. The van der Waals surface area contributed by atoms with E-state index in [4.69, 9.17) is 9.84 Å². The van der Waals surface area contributed by atoms with Gasteiger partial charge in [-0.05, 0) is 50.1 Å². The van der Waals surface area contributed by atoms with Crippen LogP contribution in [0.15, 0.2) is 72.8 Å². The predicted octanol–water partition coefficient (Wildman–Crippen LogP) is 7.01. The Balaban J connectivity index is 0.000000275. The molecule has 1 N–H and O–H groups in total. The number of ether oxygens (including phenoxy) is 1. The number of carbonyl (C=O) groups is 1. The number of aromatic nitrogens is 1. The van der Waals surface area contributed by atoms with Gasteiger partial charge in [-0.1, -0.05) is 61.9 Å². The maximum atomic E-state index is 11.0. The second kappa shape index (κ2) is 10.7. The molecule has 0 fully saturated rings. The van der Waals surface area contributed by atoms with E-state index < -0.39 is 5.97 Å². The Labute approximate surface area is 195 Å². The van der Waals surface area contributed by atoms with Gasteiger partial charge in [-0.15, -0.1) is 12.6 Å². The molecule has 0 aliphatic heterocycles. The maximum Gasteiger partial charge on any atom is 0.335 e. The lowest BCUT2D eigenvalue weighted by molar-refractivity contribution is 0.0522. The molecule has 0 aliphatic carbocycles. The summed E-state index contributed by atoms with van der Waals surface area (Å²) in [4.78, 5) is 10.7. The third-order valence-corrected chi connectivity index (χ3v) is 5.30. The number of carboxylic acids is 1. The first kappa shape index (κ1) is 23.9. The zero-order valence-corrected chi connectivity index (χ0v) is 19.8. The largest absolute Gasteiger partial charge is 0.478 e. The van der Waals surface area contributed by atoms with Crippen LogP contribution in [0.4, 0.5) is 0 Å². The van der Waals surface area contributed by atoms with E-state index in [1.54, 1.807) is 12.1 Å². The predicted molar refractivity (Wildman–Crippen MR) is 136 cm³/mol. The number of para-hydroxylation sites is 2. The summed E-state index contributed by atoms with van der Waals surface area (Å²) in [5.74, 6) is -0.895. The quantitative estimate of drug-likeness (QED) is 0.181. The Kier molecular flexibility index (Phi) is 7.99. The van der Waals surface area contributed by atoms with Crippen LogP contribution in [0.1, 0.15) is 49.5 Å². The Morgan fingerprint density at radius 3 is 1.94 bits per heavy atom. The first-order chi connectivity index (χ1) is 15.3. The molecule has 0 spiro atoms. The number of nitrogens with zero attached hydrogens (tertiary/aromatic N) is 1. The molecule has 3 aromatic carbocycles. The normalized spacial score (nSPS) is 11.4. The molecular weight excluding hydrogens is 418 g/mol. The number of fused-ring (bicyclic) bond motifs is 3. The van der Waals surface area contributed by atoms with Crippen LogP contribution in [0.25, 0.3) is 21.8 Å². The van der Waals surface area contributed by atoms with Crippen molar-refractivity contribution in [3.8, 4) is 0 Å². The molecule has 32 heavy (non-hydrogen) atoms. The maximum absolute atomic E-state index is 11.0. The number of hydrogen-bond donors (Lipinski definition) is 2. The van der Waals surface area contributed by atoms with E-state index in [0.717, 1.165) is 18.6 Å². The summed E-state index contributed by atoms with van der Waals surface area (Å²) in [5, 5.41) is 11.5. The van der Waals surface area contributed by atoms with Crippen LogP contribution >= 0.6 is 12.6 Å². The van der Waals surface area contributed by atoms with Crippen molar-refractivity contribution in [1.82, 2.24) is 4.57 Å². The highest BCUT2D eigenvalue weighted by molar-refractivity contribution is 7.81. The monoisotopic (exact) mass is 449 g/mol. The Hall–Kier alpha value is -2.76. The van der Waals surface area contributed by atoms with Crippen LogP contribution in [0.2, 0.25) is 0 Å². The van der Waals surface area contributed by atoms with E-state index in [-0.39, 0.29) is 4.93 Å². The van der Waals surface area contributed by atoms with Crippen LogP contribution in [0.3, 0.4) is 0 Å². The molecule has 1 aromatic heterocycles. The van der Waals surface area contributed by atoms with Crippen LogP contribution < -0.4 is 0 Å². The van der Waals surface area contributed by atoms with Gasteiger partial charge in [0.05, 0.1) is 5.56 Å². The third-order valence-electron chi connectivity index (χ3n) is 5.17. The summed E-state index contributed by atoms with van der Waals surface area (Å²) in [7, 11) is 0. The lowest BCUT2D eigenvalue weighted by Gasteiger charge is -2.17. The topological polar surface area (TPSA) is 51.5 Å². The average Bonchev–Trinajstić information content (AvgIpc) is 3.08. The van der Waals surface area contributed by atoms with E-state index in [2.05, 4.69) is 60.5 Å². The molecule has 1 heterocycles. The minimum atomic E-state index is -0.895. The number of carboxylic acid groups (broad SMARTS) is 1. The van der Waals surface area contributed by atoms with Crippen molar-refractivity contribution >= 4 is 40.4 Å². The highest BCUT2D eigenvalue weighted by Gasteiger charge is 2.11. The zero-order valence-electron chi connectivity index (χ0n) is 18.9. The molecule has 0 bridgehead atoms. The number of rotatable bonds is 7. The van der Waals surface area contributed by atoms with Crippen molar-refractivity contribution in [2.75, 3.05) is 6.61 Å². The van der Waals surface area contributed by atoms with Crippen LogP contribution in [-0.4, -0.2) is 27.2 Å². The van der Waals surface area contributed by atoms with Crippen molar-refractivity contribution in [3.63, 3.8) is 0 Å². The van der Waals surface area contributed by atoms with Gasteiger partial charge in [0, 0.05) is 35.0 Å². The lowest BCUT2D eigenvalue weighted by Crippen LogP contribution is -2.16. The summed E-state index contributed by atoms with van der Waals surface area (Å²) in [6.07, 6.45) is 2.31. The van der Waals surface area contributed by atoms with Gasteiger partial charge >= 0.3 is 5.97 Å². The average molecular weight is 450 g/mol. The molecule has 0 unspecified atom stereocenters. The molecule has 0 saturated heterocycles. The van der Waals surface area contributed by atoms with E-state index in [1.165, 1.54) is 28.2 Å². The van der Waals surface area contributed by atoms with Gasteiger partial charge < -0.3 is 14.4 Å². The second-order valence-electron chi connectivity index (χ2n) is 8.27. The molecule has 0 atom stereocenters. The lowest BCUT2D eigenvalue weighted by atomic mass is 10.1. The standard InChI is InChI=1S/C20H15NO2.C7H16OS/c22-20(23)15-11-9-14(10-12-15)13-21-18-7-3-1-5-16(18)17-6-2-4-8-19(17)21;1-4-5-6-8-7(2,3)9/h1-12H,13H2,(H,22,23);9H,4-6H2,1-3H3. The molecule has 4 aromatic rings. The molecule has 5 heteroatoms. The highest BCUT2D eigenvalue weighted by atomic mass is 32.1. The van der Waals surface area contributed by atoms with E-state index in [1.807, 2.05) is 38.1 Å². The number of benzene rings is 3. The van der Waals surface area contributed by atoms with Crippen molar-refractivity contribution < 1.29 is 14.6 Å². The number of unbranched alkanes of at least 4 members (excludes halogenated alkanes) is 1. The minimum absolute atomic E-state index is 0.255. The Morgan fingerprint density at radius 2 is 1.47 bits per heavy atom. The molecule has 4 rings (SSSR count). The summed E-state index contributed by atoms with van der Waals surface area (Å²) in [5.41, 5.74) is 3.78. The fourth-order valence-corrected chi connectivity index (χ4v) is 3.67. The highest BCUT2D eigenvalue weighted by Crippen LogP contribution is 2.29. The molecule has 0 aliphatic rings. The first-order valence-corrected chi connectivity index (χ1v) is 11.4. The van der Waals surface area contributed by atoms with Crippen molar-refractivity contribution in [2.45, 2.75) is 45.1 Å². The number of aromatic carboxylic acids is 1. The van der Waals surface area contributed by atoms with Crippen molar-refractivity contribution in [3.05, 3.63) is 83.9 Å². The summed E-state index contributed by atoms with van der Waals surface area (Å²) in [6, 6.07) is 23.8. The van der Waals surface area contributed by atoms with Gasteiger partial charge in [-0.3, -0.25) is 0 Å². The van der Waals surface area contributed by atoms with Gasteiger partial charge in [0.25, 0.3) is 0 Å². The fourth-order valence-electron chi connectivity index (χ4n) is 3.58. The molecule has 168 valence electrons. The van der Waals surface area contributed by atoms with Gasteiger partial charge in [-0.2, -0.15) is 0 Å². The van der Waals surface area contributed by atoms with E-state index in [9.17, 15) is 4.79 Å². The van der Waals surface area contributed by atoms with Crippen LogP contribution in [-0.2, 0) is 11.3 Å². The SMILES string of the molecule is CCCCOC(C)(C)S.O=C(O)c1ccc(Cn2c3ccccc3c3ccccc32)cc1. The van der Waals surface area contributed by atoms with E-state index >= 15 is 0 Å². The minimum Gasteiger partial charge on any atom is -0.478 e. The molecule has 0 saturated carbocycles. The fraction of sp³-hybridized carbons (Fsp3) is 0.296. The van der Waals surface area contributed by atoms with E-state index in [0.29, 0.717) is 12.1 Å². The van der Waals surface area contributed by atoms with Gasteiger partial charge in [0.1, 0.15) is 4.93 Å². The van der Waals surface area contributed by atoms with Gasteiger partial charge in [0.2, 0.25) is 0 Å². The van der Waals surface area contributed by atoms with Crippen molar-refractivity contribution in [2.24, 2.45) is 0 Å². The van der Waals surface area contributed by atoms with Crippen molar-refractivity contribution in [1.29, 1.82) is 0 Å². The Morgan fingerprint density at radius 1 is 0.938 bits per heavy atom. The third kappa shape index (κ3) is 6.15. The number of thiol groups is 1. The zero-order chi connectivity index (χ0) is 23.1. The first-order valence-electron chi connectivity index (χ1n) is 10.9. The molecule has 0 amide bonds. The van der Waals surface area contributed by atoms with Crippen LogP contribution in [0.5, 0.6) is 0 Å². The van der Waals surface area contributed by atoms with Gasteiger partial charge in [-0.25, -0.2) is 4.79 Å². The molecular formula is C27H31NO3S. The second-order valence-corrected chi connectivity index (χ2v) is 9.35.